The molecule has 7 rings (SSSR count). The van der Waals surface area contributed by atoms with E-state index in [1.807, 2.05) is 77.7 Å². The number of anilines is 1. The lowest BCUT2D eigenvalue weighted by molar-refractivity contribution is 0.0666. The first-order valence-corrected chi connectivity index (χ1v) is 14.8. The van der Waals surface area contributed by atoms with Crippen molar-refractivity contribution in [1.29, 1.82) is 0 Å². The Morgan fingerprint density at radius 2 is 1.45 bits per heavy atom. The molecule has 0 bridgehead atoms. The summed E-state index contributed by atoms with van der Waals surface area (Å²) in [7, 11) is 0. The molecular formula is C37H30ClNO3. The third-order valence-corrected chi connectivity index (χ3v) is 9.35. The van der Waals surface area contributed by atoms with Crippen molar-refractivity contribution in [1.82, 2.24) is 0 Å². The molecule has 4 nitrogen and oxygen atoms in total. The number of rotatable bonds is 5. The third kappa shape index (κ3) is 3.78. The minimum atomic E-state index is -1.51. The van der Waals surface area contributed by atoms with E-state index >= 15 is 0 Å². The first-order chi connectivity index (χ1) is 20.3. The van der Waals surface area contributed by atoms with Crippen LogP contribution in [-0.2, 0) is 6.42 Å². The molecule has 1 unspecified atom stereocenters. The van der Waals surface area contributed by atoms with Crippen molar-refractivity contribution in [3.63, 3.8) is 0 Å². The number of hydrogen-bond donors (Lipinski definition) is 0. The van der Waals surface area contributed by atoms with Gasteiger partial charge in [-0.15, -0.1) is 0 Å². The standard InChI is InChI=1S/C37H30ClNO3/c1-22(2)21-23-11-13-26(14-12-23)34(40)33-32(25-15-18-27(38)19-16-25)37(35(41)28-8-4-5-9-29(28)36(37)42)31-20-17-24-7-3-6-10-30(24)39(31)33/h3-20,22,31-33H,21H2,1-2H3/t31?,32-,33+/m0/s1. The van der Waals surface area contributed by atoms with Crippen molar-refractivity contribution in [3.8, 4) is 0 Å². The molecule has 4 aromatic carbocycles. The van der Waals surface area contributed by atoms with E-state index < -0.39 is 23.4 Å². The van der Waals surface area contributed by atoms with Gasteiger partial charge in [0.15, 0.2) is 17.3 Å². The summed E-state index contributed by atoms with van der Waals surface area (Å²) in [5.74, 6) is -0.830. The maximum absolute atomic E-state index is 14.8. The molecule has 3 aliphatic rings. The fraction of sp³-hybridized carbons (Fsp3) is 0.216. The number of carbonyl (C=O) groups is 3. The van der Waals surface area contributed by atoms with E-state index in [2.05, 4.69) is 13.8 Å². The van der Waals surface area contributed by atoms with Crippen LogP contribution in [-0.4, -0.2) is 29.4 Å². The minimum absolute atomic E-state index is 0.116. The van der Waals surface area contributed by atoms with Crippen molar-refractivity contribution >= 4 is 40.7 Å². The number of benzene rings is 4. The Bertz CT molecular complexity index is 1730. The van der Waals surface area contributed by atoms with Gasteiger partial charge in [0.25, 0.3) is 0 Å². The van der Waals surface area contributed by atoms with Crippen LogP contribution in [0.15, 0.2) is 103 Å². The molecule has 42 heavy (non-hydrogen) atoms. The van der Waals surface area contributed by atoms with Crippen LogP contribution in [0.3, 0.4) is 0 Å². The Labute approximate surface area is 250 Å². The van der Waals surface area contributed by atoms with E-state index in [-0.39, 0.29) is 17.3 Å². The third-order valence-electron chi connectivity index (χ3n) is 9.09. The normalized spacial score (nSPS) is 21.5. The zero-order valence-corrected chi connectivity index (χ0v) is 24.2. The van der Waals surface area contributed by atoms with E-state index in [9.17, 15) is 14.4 Å². The Kier molecular flexibility index (Phi) is 6.29. The summed E-state index contributed by atoms with van der Waals surface area (Å²) in [6.07, 6.45) is 4.85. The fourth-order valence-corrected chi connectivity index (χ4v) is 7.53. The number of para-hydroxylation sites is 1. The summed E-state index contributed by atoms with van der Waals surface area (Å²) in [4.78, 5) is 46.2. The maximum Gasteiger partial charge on any atom is 0.185 e. The first-order valence-electron chi connectivity index (χ1n) is 14.4. The van der Waals surface area contributed by atoms with Gasteiger partial charge in [-0.2, -0.15) is 0 Å². The summed E-state index contributed by atoms with van der Waals surface area (Å²) in [5, 5.41) is 0.546. The van der Waals surface area contributed by atoms with E-state index in [4.69, 9.17) is 11.6 Å². The van der Waals surface area contributed by atoms with Crippen LogP contribution in [0.25, 0.3) is 6.08 Å². The molecule has 0 amide bonds. The minimum Gasteiger partial charge on any atom is -0.352 e. The van der Waals surface area contributed by atoms with Crippen molar-refractivity contribution in [3.05, 3.63) is 142 Å². The van der Waals surface area contributed by atoms with Gasteiger partial charge in [0.1, 0.15) is 11.5 Å². The summed E-state index contributed by atoms with van der Waals surface area (Å²) >= 11 is 6.31. The van der Waals surface area contributed by atoms with Gasteiger partial charge in [-0.3, -0.25) is 14.4 Å². The van der Waals surface area contributed by atoms with Gasteiger partial charge in [0.2, 0.25) is 0 Å². The molecule has 5 heteroatoms. The lowest BCUT2D eigenvalue weighted by atomic mass is 9.64. The highest BCUT2D eigenvalue weighted by molar-refractivity contribution is 6.32. The van der Waals surface area contributed by atoms with Crippen LogP contribution in [0.1, 0.15) is 67.5 Å². The highest BCUT2D eigenvalue weighted by atomic mass is 35.5. The van der Waals surface area contributed by atoms with Gasteiger partial charge < -0.3 is 4.90 Å². The zero-order chi connectivity index (χ0) is 29.2. The van der Waals surface area contributed by atoms with Crippen molar-refractivity contribution < 1.29 is 14.4 Å². The highest BCUT2D eigenvalue weighted by Gasteiger charge is 2.71. The smallest absolute Gasteiger partial charge is 0.185 e. The molecule has 1 saturated heterocycles. The second-order valence-corrected chi connectivity index (χ2v) is 12.4. The second-order valence-electron chi connectivity index (χ2n) is 12.0. The van der Waals surface area contributed by atoms with Crippen molar-refractivity contribution in [2.24, 2.45) is 11.3 Å². The molecule has 1 fully saturated rings. The van der Waals surface area contributed by atoms with E-state index in [0.29, 0.717) is 27.6 Å². The summed E-state index contributed by atoms with van der Waals surface area (Å²) in [5.41, 5.74) is 3.57. The quantitative estimate of drug-likeness (QED) is 0.181. The van der Waals surface area contributed by atoms with Crippen LogP contribution in [0.5, 0.6) is 0 Å². The Morgan fingerprint density at radius 3 is 2.10 bits per heavy atom. The van der Waals surface area contributed by atoms with Crippen LogP contribution in [0.2, 0.25) is 5.02 Å². The molecule has 3 atom stereocenters. The predicted octanol–water partition coefficient (Wildman–Crippen LogP) is 7.85. The van der Waals surface area contributed by atoms with Gasteiger partial charge in [-0.25, -0.2) is 0 Å². The average Bonchev–Trinajstić information content (AvgIpc) is 3.43. The summed E-state index contributed by atoms with van der Waals surface area (Å²) in [6, 6.07) is 28.5. The Hall–Kier alpha value is -4.28. The van der Waals surface area contributed by atoms with Crippen LogP contribution >= 0.6 is 11.6 Å². The second kappa shape index (κ2) is 9.92. The van der Waals surface area contributed by atoms with Gasteiger partial charge in [0, 0.05) is 33.3 Å². The number of Topliss-reactive ketones (excluding diaryl/α,β-unsaturated/α-hetero) is 3. The van der Waals surface area contributed by atoms with E-state index in [0.717, 1.165) is 23.2 Å². The molecular weight excluding hydrogens is 542 g/mol. The Morgan fingerprint density at radius 1 is 0.833 bits per heavy atom. The first kappa shape index (κ1) is 26.6. The fourth-order valence-electron chi connectivity index (χ4n) is 7.41. The van der Waals surface area contributed by atoms with Gasteiger partial charge >= 0.3 is 0 Å². The average molecular weight is 572 g/mol. The van der Waals surface area contributed by atoms with Gasteiger partial charge in [0.05, 0.1) is 6.04 Å². The molecule has 4 aromatic rings. The van der Waals surface area contributed by atoms with Crippen LogP contribution < -0.4 is 4.90 Å². The zero-order valence-electron chi connectivity index (χ0n) is 23.5. The van der Waals surface area contributed by atoms with Crippen LogP contribution in [0.4, 0.5) is 5.69 Å². The summed E-state index contributed by atoms with van der Waals surface area (Å²) in [6.45, 7) is 4.34. The SMILES string of the molecule is CC(C)Cc1ccc(C(=O)[C@H]2[C@H](c3ccc(Cl)cc3)C3(C(=O)c4ccccc4C3=O)C3C=Cc4ccccc4N32)cc1. The molecule has 0 aromatic heterocycles. The number of hydrogen-bond acceptors (Lipinski definition) is 4. The van der Waals surface area contributed by atoms with Crippen molar-refractivity contribution in [2.75, 3.05) is 4.90 Å². The molecule has 2 aliphatic heterocycles. The number of fused-ring (bicyclic) bond motifs is 5. The number of halogens is 1. The van der Waals surface area contributed by atoms with E-state index in [1.54, 1.807) is 36.4 Å². The number of nitrogens with zero attached hydrogens (tertiary/aromatic N) is 1. The highest BCUT2D eigenvalue weighted by Crippen LogP contribution is 2.61. The lowest BCUT2D eigenvalue weighted by Crippen LogP contribution is -2.48. The monoisotopic (exact) mass is 571 g/mol. The molecule has 0 N–H and O–H groups in total. The molecule has 0 saturated carbocycles. The molecule has 208 valence electrons. The maximum atomic E-state index is 14.8. The van der Waals surface area contributed by atoms with Crippen molar-refractivity contribution in [2.45, 2.75) is 38.3 Å². The van der Waals surface area contributed by atoms with E-state index in [1.165, 1.54) is 5.56 Å². The topological polar surface area (TPSA) is 54.5 Å². The predicted molar refractivity (Wildman–Crippen MR) is 167 cm³/mol. The van der Waals surface area contributed by atoms with Gasteiger partial charge in [-0.1, -0.05) is 116 Å². The molecule has 0 radical (unpaired) electrons. The molecule has 2 heterocycles. The lowest BCUT2D eigenvalue weighted by Gasteiger charge is -2.37. The Balaban J connectivity index is 1.48. The summed E-state index contributed by atoms with van der Waals surface area (Å²) < 4.78 is 0. The number of carbonyl (C=O) groups excluding carboxylic acids is 3. The molecule has 1 spiro atoms. The van der Waals surface area contributed by atoms with Crippen LogP contribution in [0, 0.1) is 11.3 Å². The molecule has 1 aliphatic carbocycles. The number of ketones is 3. The largest absolute Gasteiger partial charge is 0.352 e. The van der Waals surface area contributed by atoms with Gasteiger partial charge in [-0.05, 0) is 47.2 Å².